The van der Waals surface area contributed by atoms with Crippen molar-refractivity contribution in [3.8, 4) is 0 Å². The van der Waals surface area contributed by atoms with Gasteiger partial charge in [0.2, 0.25) is 10.0 Å². The van der Waals surface area contributed by atoms with Gasteiger partial charge in [-0.1, -0.05) is 20.8 Å². The zero-order valence-electron chi connectivity index (χ0n) is 11.9. The predicted molar refractivity (Wildman–Crippen MR) is 72.9 cm³/mol. The Morgan fingerprint density at radius 2 is 1.67 bits per heavy atom. The zero-order chi connectivity index (χ0) is 14.0. The third-order valence-corrected chi connectivity index (χ3v) is 4.82. The summed E-state index contributed by atoms with van der Waals surface area (Å²) in [5.41, 5.74) is -0.0887. The molecule has 1 N–H and O–H groups in total. The average molecular weight is 278 g/mol. The smallest absolute Gasteiger partial charge is 0.211 e. The Hall–Kier alpha value is -0.170. The van der Waals surface area contributed by atoms with Gasteiger partial charge in [0.1, 0.15) is 0 Å². The summed E-state index contributed by atoms with van der Waals surface area (Å²) in [6.07, 6.45) is 1.68. The normalized spacial score (nSPS) is 22.1. The fraction of sp³-hybridized carbons (Fsp3) is 1.00. The van der Waals surface area contributed by atoms with Gasteiger partial charge >= 0.3 is 0 Å². The van der Waals surface area contributed by atoms with E-state index in [-0.39, 0.29) is 11.5 Å². The molecule has 0 amide bonds. The molecule has 18 heavy (non-hydrogen) atoms. The van der Waals surface area contributed by atoms with Crippen LogP contribution in [-0.2, 0) is 10.0 Å². The van der Waals surface area contributed by atoms with E-state index >= 15 is 0 Å². The fourth-order valence-corrected chi connectivity index (χ4v) is 2.85. The van der Waals surface area contributed by atoms with E-state index in [1.807, 2.05) is 20.8 Å². The topological polar surface area (TPSA) is 60.9 Å². The van der Waals surface area contributed by atoms with Crippen molar-refractivity contribution in [2.75, 3.05) is 39.0 Å². The van der Waals surface area contributed by atoms with Gasteiger partial charge in [-0.05, 0) is 11.8 Å². The molecular weight excluding hydrogens is 252 g/mol. The fourth-order valence-electron chi connectivity index (χ4n) is 2.02. The van der Waals surface area contributed by atoms with Gasteiger partial charge in [-0.15, -0.1) is 0 Å². The second-order valence-corrected chi connectivity index (χ2v) is 8.16. The van der Waals surface area contributed by atoms with E-state index in [1.54, 1.807) is 0 Å². The summed E-state index contributed by atoms with van der Waals surface area (Å²) in [6, 6.07) is 0. The molecule has 1 fully saturated rings. The molecule has 0 spiro atoms. The maximum absolute atomic E-state index is 11.4. The number of hydrogen-bond acceptors (Lipinski definition) is 4. The number of aliphatic hydroxyl groups excluding tert-OH is 1. The molecule has 0 radical (unpaired) electrons. The van der Waals surface area contributed by atoms with Crippen LogP contribution in [0, 0.1) is 5.41 Å². The maximum atomic E-state index is 11.4. The Morgan fingerprint density at radius 1 is 1.17 bits per heavy atom. The van der Waals surface area contributed by atoms with Gasteiger partial charge in [0, 0.05) is 32.7 Å². The molecule has 0 saturated carbocycles. The van der Waals surface area contributed by atoms with Gasteiger partial charge in [-0.2, -0.15) is 4.31 Å². The Balaban J connectivity index is 2.33. The minimum absolute atomic E-state index is 0.0887. The second-order valence-electron chi connectivity index (χ2n) is 6.17. The van der Waals surface area contributed by atoms with Crippen molar-refractivity contribution >= 4 is 10.0 Å². The van der Waals surface area contributed by atoms with E-state index in [0.717, 1.165) is 26.1 Å². The zero-order valence-corrected chi connectivity index (χ0v) is 12.7. The lowest BCUT2D eigenvalue weighted by Crippen LogP contribution is -2.49. The van der Waals surface area contributed by atoms with Gasteiger partial charge < -0.3 is 10.0 Å². The van der Waals surface area contributed by atoms with Gasteiger partial charge in [-0.3, -0.25) is 0 Å². The van der Waals surface area contributed by atoms with E-state index in [4.69, 9.17) is 0 Å². The molecule has 1 unspecified atom stereocenters. The molecule has 0 aromatic heterocycles. The molecule has 0 bridgehead atoms. The molecule has 1 aliphatic heterocycles. The molecule has 6 heteroatoms. The summed E-state index contributed by atoms with van der Waals surface area (Å²) >= 11 is 0. The predicted octanol–water partition coefficient (Wildman–Crippen LogP) is 0.361. The number of rotatable bonds is 4. The number of nitrogens with zero attached hydrogens (tertiary/aromatic N) is 2. The standard InChI is InChI=1S/C12H26N2O3S/c1-12(2,3)11(15)5-6-13-7-9-14(10-8-13)18(4,16)17/h11,15H,5-10H2,1-4H3. The Morgan fingerprint density at radius 3 is 2.06 bits per heavy atom. The Kier molecular flexibility index (Phi) is 5.17. The molecular formula is C12H26N2O3S. The number of piperazine rings is 1. The lowest BCUT2D eigenvalue weighted by atomic mass is 9.87. The first-order chi connectivity index (χ1) is 8.10. The van der Waals surface area contributed by atoms with Crippen LogP contribution in [-0.4, -0.2) is 67.8 Å². The van der Waals surface area contributed by atoms with Crippen LogP contribution in [0.2, 0.25) is 0 Å². The van der Waals surface area contributed by atoms with Crippen LogP contribution < -0.4 is 0 Å². The van der Waals surface area contributed by atoms with E-state index in [2.05, 4.69) is 4.90 Å². The number of aliphatic hydroxyl groups is 1. The lowest BCUT2D eigenvalue weighted by molar-refractivity contribution is 0.0422. The molecule has 0 aromatic rings. The largest absolute Gasteiger partial charge is 0.393 e. The van der Waals surface area contributed by atoms with Crippen LogP contribution in [0.4, 0.5) is 0 Å². The van der Waals surface area contributed by atoms with Crippen LogP contribution in [0.1, 0.15) is 27.2 Å². The monoisotopic (exact) mass is 278 g/mol. The van der Waals surface area contributed by atoms with Crippen LogP contribution in [0.15, 0.2) is 0 Å². The molecule has 1 aliphatic rings. The molecule has 1 saturated heterocycles. The summed E-state index contributed by atoms with van der Waals surface area (Å²) in [4.78, 5) is 2.22. The van der Waals surface area contributed by atoms with Crippen molar-refractivity contribution in [3.05, 3.63) is 0 Å². The molecule has 5 nitrogen and oxygen atoms in total. The highest BCUT2D eigenvalue weighted by molar-refractivity contribution is 7.88. The Labute approximate surface area is 111 Å². The summed E-state index contributed by atoms with van der Waals surface area (Å²) in [6.45, 7) is 9.54. The first-order valence-corrected chi connectivity index (χ1v) is 8.31. The van der Waals surface area contributed by atoms with Gasteiger partial charge in [0.05, 0.1) is 12.4 Å². The van der Waals surface area contributed by atoms with Gasteiger partial charge in [0.15, 0.2) is 0 Å². The van der Waals surface area contributed by atoms with Crippen molar-refractivity contribution in [2.45, 2.75) is 33.3 Å². The SMILES string of the molecule is CC(C)(C)C(O)CCN1CCN(S(C)(=O)=O)CC1. The molecule has 1 atom stereocenters. The van der Waals surface area contributed by atoms with E-state index in [0.29, 0.717) is 13.1 Å². The average Bonchev–Trinajstić information content (AvgIpc) is 2.24. The quantitative estimate of drug-likeness (QED) is 0.806. The summed E-state index contributed by atoms with van der Waals surface area (Å²) in [5, 5.41) is 9.96. The van der Waals surface area contributed by atoms with Crippen LogP contribution in [0.3, 0.4) is 0 Å². The van der Waals surface area contributed by atoms with Crippen molar-refractivity contribution in [1.82, 2.24) is 9.21 Å². The highest BCUT2D eigenvalue weighted by Crippen LogP contribution is 2.21. The second kappa shape index (κ2) is 5.86. The lowest BCUT2D eigenvalue weighted by Gasteiger charge is -2.34. The van der Waals surface area contributed by atoms with Crippen molar-refractivity contribution < 1.29 is 13.5 Å². The minimum atomic E-state index is -3.05. The van der Waals surface area contributed by atoms with E-state index in [1.165, 1.54) is 10.6 Å². The molecule has 0 aromatic carbocycles. The number of hydrogen-bond donors (Lipinski definition) is 1. The van der Waals surface area contributed by atoms with Gasteiger partial charge in [-0.25, -0.2) is 8.42 Å². The summed E-state index contributed by atoms with van der Waals surface area (Å²) in [7, 11) is -3.05. The van der Waals surface area contributed by atoms with Crippen LogP contribution in [0.5, 0.6) is 0 Å². The van der Waals surface area contributed by atoms with E-state index in [9.17, 15) is 13.5 Å². The highest BCUT2D eigenvalue weighted by Gasteiger charge is 2.26. The minimum Gasteiger partial charge on any atom is -0.393 e. The third kappa shape index (κ3) is 4.84. The first kappa shape index (κ1) is 15.9. The van der Waals surface area contributed by atoms with Crippen molar-refractivity contribution in [2.24, 2.45) is 5.41 Å². The van der Waals surface area contributed by atoms with E-state index < -0.39 is 10.0 Å². The van der Waals surface area contributed by atoms with Crippen LogP contribution >= 0.6 is 0 Å². The van der Waals surface area contributed by atoms with Crippen molar-refractivity contribution in [1.29, 1.82) is 0 Å². The summed E-state index contributed by atoms with van der Waals surface area (Å²) in [5.74, 6) is 0. The molecule has 108 valence electrons. The molecule has 0 aliphatic carbocycles. The number of sulfonamides is 1. The maximum Gasteiger partial charge on any atom is 0.211 e. The van der Waals surface area contributed by atoms with Gasteiger partial charge in [0.25, 0.3) is 0 Å². The first-order valence-electron chi connectivity index (χ1n) is 6.46. The van der Waals surface area contributed by atoms with Crippen LogP contribution in [0.25, 0.3) is 0 Å². The third-order valence-electron chi connectivity index (χ3n) is 3.52. The highest BCUT2D eigenvalue weighted by atomic mass is 32.2. The van der Waals surface area contributed by atoms with Crippen molar-refractivity contribution in [3.63, 3.8) is 0 Å². The summed E-state index contributed by atoms with van der Waals surface area (Å²) < 4.78 is 24.2. The molecule has 1 heterocycles. The molecule has 1 rings (SSSR count). The Bertz CT molecular complexity index is 354.